The first-order valence-corrected chi connectivity index (χ1v) is 8.87. The highest BCUT2D eigenvalue weighted by Crippen LogP contribution is 2.11. The molecule has 0 aromatic heterocycles. The molecule has 2 aromatic carbocycles. The third kappa shape index (κ3) is 5.21. The van der Waals surface area contributed by atoms with Crippen molar-refractivity contribution in [1.82, 2.24) is 16.0 Å². The Morgan fingerprint density at radius 1 is 1.04 bits per heavy atom. The van der Waals surface area contributed by atoms with Crippen LogP contribution in [0.1, 0.15) is 17.5 Å². The zero-order valence-electron chi connectivity index (χ0n) is 14.2. The molecule has 1 aliphatic heterocycles. The summed E-state index contributed by atoms with van der Waals surface area (Å²) in [6, 6.07) is 14.5. The van der Waals surface area contributed by atoms with Gasteiger partial charge in [-0.1, -0.05) is 35.9 Å². The van der Waals surface area contributed by atoms with Gasteiger partial charge >= 0.3 is 6.03 Å². The summed E-state index contributed by atoms with van der Waals surface area (Å²) in [5.74, 6) is 0.0562. The van der Waals surface area contributed by atoms with Crippen LogP contribution >= 0.6 is 11.6 Å². The van der Waals surface area contributed by atoms with Gasteiger partial charge in [0.1, 0.15) is 0 Å². The zero-order valence-corrected chi connectivity index (χ0v) is 15.0. The quantitative estimate of drug-likeness (QED) is 0.629. The highest BCUT2D eigenvalue weighted by Gasteiger charge is 2.22. The number of rotatable bonds is 6. The van der Waals surface area contributed by atoms with E-state index in [1.165, 1.54) is 0 Å². The third-order valence-electron chi connectivity index (χ3n) is 4.18. The molecule has 7 heteroatoms. The molecule has 6 nitrogen and oxygen atoms in total. The average Bonchev–Trinajstić information content (AvgIpc) is 3.06. The van der Waals surface area contributed by atoms with Crippen LogP contribution in [0.15, 0.2) is 48.5 Å². The lowest BCUT2D eigenvalue weighted by molar-refractivity contribution is -0.120. The van der Waals surface area contributed by atoms with E-state index in [2.05, 4.69) is 21.3 Å². The summed E-state index contributed by atoms with van der Waals surface area (Å²) >= 11 is 5.84. The lowest BCUT2D eigenvalue weighted by Crippen LogP contribution is -2.35. The van der Waals surface area contributed by atoms with Crippen molar-refractivity contribution < 1.29 is 9.59 Å². The van der Waals surface area contributed by atoms with Crippen molar-refractivity contribution in [3.8, 4) is 0 Å². The number of benzene rings is 2. The first kappa shape index (κ1) is 18.2. The number of hydrogen-bond acceptors (Lipinski definition) is 3. The van der Waals surface area contributed by atoms with E-state index in [0.717, 1.165) is 24.1 Å². The largest absolute Gasteiger partial charge is 0.355 e. The molecule has 1 atom stereocenters. The molecule has 0 unspecified atom stereocenters. The molecular weight excluding hydrogens is 352 g/mol. The van der Waals surface area contributed by atoms with Crippen LogP contribution in [0, 0.1) is 0 Å². The van der Waals surface area contributed by atoms with Crippen LogP contribution in [-0.2, 0) is 17.9 Å². The number of anilines is 1. The second kappa shape index (κ2) is 8.69. The number of amides is 3. The normalized spacial score (nSPS) is 16.2. The number of carbonyl (C=O) groups excluding carboxylic acids is 2. The molecule has 4 N–H and O–H groups in total. The van der Waals surface area contributed by atoms with Crippen LogP contribution in [0.3, 0.4) is 0 Å². The van der Waals surface area contributed by atoms with E-state index in [1.54, 1.807) is 12.1 Å². The summed E-state index contributed by atoms with van der Waals surface area (Å²) in [6.45, 7) is 1.76. The summed E-state index contributed by atoms with van der Waals surface area (Å²) in [5.41, 5.74) is 2.74. The SMILES string of the molecule is O=C(NCc1ccc(Cl)cc1)Nc1ccc(CN[C@H]2CCNC2=O)cc1. The van der Waals surface area contributed by atoms with Gasteiger partial charge in [-0.05, 0) is 41.8 Å². The predicted octanol–water partition coefficient (Wildman–Crippen LogP) is 2.64. The molecule has 136 valence electrons. The summed E-state index contributed by atoms with van der Waals surface area (Å²) < 4.78 is 0. The minimum absolute atomic E-state index is 0.0562. The highest BCUT2D eigenvalue weighted by atomic mass is 35.5. The smallest absolute Gasteiger partial charge is 0.319 e. The van der Waals surface area contributed by atoms with E-state index in [1.807, 2.05) is 36.4 Å². The second-order valence-electron chi connectivity index (χ2n) is 6.14. The molecule has 26 heavy (non-hydrogen) atoms. The van der Waals surface area contributed by atoms with Gasteiger partial charge in [-0.3, -0.25) is 4.79 Å². The van der Waals surface area contributed by atoms with E-state index in [-0.39, 0.29) is 18.0 Å². The van der Waals surface area contributed by atoms with Gasteiger partial charge in [0.05, 0.1) is 6.04 Å². The summed E-state index contributed by atoms with van der Waals surface area (Å²) in [7, 11) is 0. The summed E-state index contributed by atoms with van der Waals surface area (Å²) in [4.78, 5) is 23.5. The van der Waals surface area contributed by atoms with Crippen LogP contribution in [0.5, 0.6) is 0 Å². The van der Waals surface area contributed by atoms with Gasteiger partial charge < -0.3 is 21.3 Å². The number of hydrogen-bond donors (Lipinski definition) is 4. The van der Waals surface area contributed by atoms with Gasteiger partial charge in [0.2, 0.25) is 5.91 Å². The monoisotopic (exact) mass is 372 g/mol. The maximum absolute atomic E-state index is 12.0. The lowest BCUT2D eigenvalue weighted by atomic mass is 10.2. The Hall–Kier alpha value is -2.57. The van der Waals surface area contributed by atoms with Crippen molar-refractivity contribution in [2.75, 3.05) is 11.9 Å². The number of halogens is 1. The molecule has 0 saturated carbocycles. The standard InChI is InChI=1S/C19H21ClN4O2/c20-15-5-1-13(2-6-15)12-23-19(26)24-16-7-3-14(4-8-16)11-22-17-9-10-21-18(17)25/h1-8,17,22H,9-12H2,(H,21,25)(H2,23,24,26)/t17-/m0/s1. The molecule has 0 radical (unpaired) electrons. The maximum Gasteiger partial charge on any atom is 0.319 e. The van der Waals surface area contributed by atoms with Gasteiger partial charge in [-0.15, -0.1) is 0 Å². The predicted molar refractivity (Wildman–Crippen MR) is 102 cm³/mol. The Morgan fingerprint density at radius 2 is 1.69 bits per heavy atom. The van der Waals surface area contributed by atoms with Crippen molar-refractivity contribution in [2.45, 2.75) is 25.6 Å². The first-order chi connectivity index (χ1) is 12.6. The van der Waals surface area contributed by atoms with Crippen molar-refractivity contribution >= 4 is 29.2 Å². The van der Waals surface area contributed by atoms with E-state index < -0.39 is 0 Å². The second-order valence-corrected chi connectivity index (χ2v) is 6.58. The Balaban J connectivity index is 1.43. The van der Waals surface area contributed by atoms with Crippen LogP contribution in [0.4, 0.5) is 10.5 Å². The fourth-order valence-electron chi connectivity index (χ4n) is 2.70. The Kier molecular flexibility index (Phi) is 6.09. The summed E-state index contributed by atoms with van der Waals surface area (Å²) in [5, 5.41) is 12.3. The minimum Gasteiger partial charge on any atom is -0.355 e. The highest BCUT2D eigenvalue weighted by molar-refractivity contribution is 6.30. The Morgan fingerprint density at radius 3 is 2.35 bits per heavy atom. The van der Waals surface area contributed by atoms with Crippen molar-refractivity contribution in [2.24, 2.45) is 0 Å². The fourth-order valence-corrected chi connectivity index (χ4v) is 2.82. The van der Waals surface area contributed by atoms with E-state index in [4.69, 9.17) is 11.6 Å². The molecule has 3 amide bonds. The molecule has 2 aromatic rings. The number of nitrogens with one attached hydrogen (secondary N) is 4. The Bertz CT molecular complexity index is 762. The molecular formula is C19H21ClN4O2. The van der Waals surface area contributed by atoms with Gasteiger partial charge in [-0.2, -0.15) is 0 Å². The summed E-state index contributed by atoms with van der Waals surface area (Å²) in [6.07, 6.45) is 0.812. The maximum atomic E-state index is 12.0. The van der Waals surface area contributed by atoms with Gasteiger partial charge in [0, 0.05) is 30.3 Å². The van der Waals surface area contributed by atoms with Crippen LogP contribution in [-0.4, -0.2) is 24.5 Å². The molecule has 1 saturated heterocycles. The molecule has 3 rings (SSSR count). The third-order valence-corrected chi connectivity index (χ3v) is 4.43. The average molecular weight is 373 g/mol. The van der Waals surface area contributed by atoms with E-state index in [0.29, 0.717) is 23.8 Å². The van der Waals surface area contributed by atoms with Crippen LogP contribution < -0.4 is 21.3 Å². The Labute approximate surface area is 157 Å². The molecule has 1 aliphatic rings. The van der Waals surface area contributed by atoms with Crippen molar-refractivity contribution in [3.05, 3.63) is 64.7 Å². The van der Waals surface area contributed by atoms with Crippen molar-refractivity contribution in [1.29, 1.82) is 0 Å². The van der Waals surface area contributed by atoms with Crippen molar-refractivity contribution in [3.63, 3.8) is 0 Å². The molecule has 0 bridgehead atoms. The molecule has 0 aliphatic carbocycles. The minimum atomic E-state index is -0.270. The topological polar surface area (TPSA) is 82.3 Å². The first-order valence-electron chi connectivity index (χ1n) is 8.49. The number of urea groups is 1. The van der Waals surface area contributed by atoms with Crippen LogP contribution in [0.2, 0.25) is 5.02 Å². The molecule has 1 fully saturated rings. The van der Waals surface area contributed by atoms with Crippen LogP contribution in [0.25, 0.3) is 0 Å². The molecule has 1 heterocycles. The zero-order chi connectivity index (χ0) is 18.4. The van der Waals surface area contributed by atoms with Gasteiger partial charge in [0.15, 0.2) is 0 Å². The number of carbonyl (C=O) groups is 2. The fraction of sp³-hybridized carbons (Fsp3) is 0.263. The molecule has 0 spiro atoms. The van der Waals surface area contributed by atoms with E-state index >= 15 is 0 Å². The van der Waals surface area contributed by atoms with E-state index in [9.17, 15) is 9.59 Å². The van der Waals surface area contributed by atoms with Gasteiger partial charge in [0.25, 0.3) is 0 Å². The lowest BCUT2D eigenvalue weighted by Gasteiger charge is -2.11. The van der Waals surface area contributed by atoms with Gasteiger partial charge in [-0.25, -0.2) is 4.79 Å².